The number of amides is 4. The highest BCUT2D eigenvalue weighted by Crippen LogP contribution is 2.45. The summed E-state index contributed by atoms with van der Waals surface area (Å²) in [5.74, 6) is 4.17. The monoisotopic (exact) mass is 848 g/mol. The molecule has 2 aromatic carbocycles. The molecule has 16 heteroatoms. The number of hydrogen-bond acceptors (Lipinski definition) is 10. The Balaban J connectivity index is 1.10. The zero-order valence-electron chi connectivity index (χ0n) is 36.6. The van der Waals surface area contributed by atoms with Crippen LogP contribution in [0.15, 0.2) is 36.5 Å². The number of benzene rings is 2. The van der Waals surface area contributed by atoms with Crippen LogP contribution in [0.4, 0.5) is 9.59 Å². The van der Waals surface area contributed by atoms with E-state index >= 15 is 0 Å². The minimum atomic E-state index is -0.808. The number of ether oxygens (including phenoxy) is 4. The van der Waals surface area contributed by atoms with Gasteiger partial charge in [-0.05, 0) is 84.9 Å². The van der Waals surface area contributed by atoms with E-state index in [1.54, 1.807) is 9.80 Å². The number of aromatic nitrogens is 4. The summed E-state index contributed by atoms with van der Waals surface area (Å²) >= 11 is 0. The van der Waals surface area contributed by atoms with Gasteiger partial charge in [-0.25, -0.2) is 19.6 Å². The van der Waals surface area contributed by atoms with Gasteiger partial charge in [0.2, 0.25) is 11.8 Å². The smallest absolute Gasteiger partial charge is 0.407 e. The van der Waals surface area contributed by atoms with Crippen molar-refractivity contribution in [1.29, 1.82) is 0 Å². The number of rotatable bonds is 12. The molecule has 328 valence electrons. The van der Waals surface area contributed by atoms with Crippen LogP contribution in [0.1, 0.15) is 82.0 Å². The maximum Gasteiger partial charge on any atom is 0.407 e. The molecule has 4 heterocycles. The number of hydrogen-bond donors (Lipinski definition) is 4. The summed E-state index contributed by atoms with van der Waals surface area (Å²) in [4.78, 5) is 72.1. The summed E-state index contributed by atoms with van der Waals surface area (Å²) in [6.07, 6.45) is 6.26. The van der Waals surface area contributed by atoms with Gasteiger partial charge in [-0.3, -0.25) is 9.59 Å². The second-order valence-corrected chi connectivity index (χ2v) is 16.8. The van der Waals surface area contributed by atoms with E-state index < -0.39 is 24.3 Å². The first-order valence-electron chi connectivity index (χ1n) is 21.2. The third-order valence-electron chi connectivity index (χ3n) is 11.8. The lowest BCUT2D eigenvalue weighted by atomic mass is 9.86. The van der Waals surface area contributed by atoms with E-state index in [1.807, 2.05) is 40.8 Å². The quantitative estimate of drug-likeness (QED) is 0.121. The highest BCUT2D eigenvalue weighted by atomic mass is 16.5. The largest absolute Gasteiger partial charge is 0.488 e. The Hall–Kier alpha value is -6.50. The van der Waals surface area contributed by atoms with Gasteiger partial charge in [0.05, 0.1) is 51.5 Å². The van der Waals surface area contributed by atoms with Crippen LogP contribution in [-0.2, 0) is 49.8 Å². The van der Waals surface area contributed by atoms with E-state index in [4.69, 9.17) is 28.9 Å². The minimum Gasteiger partial charge on any atom is -0.488 e. The summed E-state index contributed by atoms with van der Waals surface area (Å²) < 4.78 is 21.0. The van der Waals surface area contributed by atoms with Gasteiger partial charge in [-0.1, -0.05) is 45.7 Å². The molecule has 16 nitrogen and oxygen atoms in total. The zero-order valence-corrected chi connectivity index (χ0v) is 36.6. The van der Waals surface area contributed by atoms with Crippen LogP contribution in [0.2, 0.25) is 0 Å². The number of nitrogens with zero attached hydrogens (tertiary/aromatic N) is 4. The molecule has 2 aliphatic heterocycles. The van der Waals surface area contributed by atoms with Gasteiger partial charge in [0.25, 0.3) is 0 Å². The molecule has 1 saturated heterocycles. The standard InChI is InChI=1S/C46H56N8O8/c1-25(2)39(51-45(57)60-7)43(55)53(22-27(5)15-17-59-6)23-38-48-34-14-12-28-19-33-31-13-11-29(18-30(31)24-62-37(33)20-32(28)41(34)50-38)35-21-47-42(49-35)36-10-9-16-54(36)44(56)40(26(3)4)52-46(58)61-8/h11,13,18-21,25-27,36,39-40H,9-10,12,14,16,22-24H2,1-8H3,(H,47,49)(H,48,50)(H,51,57)(H,52,58)/t27?,36-,39-,40-/m0/s1. The first-order chi connectivity index (χ1) is 29.8. The van der Waals surface area contributed by atoms with Gasteiger partial charge in [0, 0.05) is 35.8 Å². The fourth-order valence-electron chi connectivity index (χ4n) is 8.57. The average Bonchev–Trinajstić information content (AvgIpc) is 4.05. The van der Waals surface area contributed by atoms with Crippen LogP contribution in [-0.4, -0.2) is 100 Å². The van der Waals surface area contributed by atoms with Crippen molar-refractivity contribution in [2.45, 2.75) is 91.6 Å². The highest BCUT2D eigenvalue weighted by Gasteiger charge is 2.38. The SMILES string of the molecule is COC#CC(C)CN(Cc1nc2c([nH]1)CCc1cc3c(cc1-2)OCc1cc(-c2cnc([C@@H]4CCCN4C(=O)[C@@H](NC(=O)OC)C(C)C)[nH]2)ccc1-3)C(=O)[C@@H](NC(=O)OC)C(C)C. The first-order valence-corrected chi connectivity index (χ1v) is 21.2. The highest BCUT2D eigenvalue weighted by molar-refractivity contribution is 5.87. The normalized spacial score (nSPS) is 16.3. The Morgan fingerprint density at radius 2 is 1.66 bits per heavy atom. The van der Waals surface area contributed by atoms with Crippen molar-refractivity contribution in [3.8, 4) is 51.4 Å². The number of nitrogens with one attached hydrogen (secondary N) is 4. The van der Waals surface area contributed by atoms with Crippen molar-refractivity contribution in [2.24, 2.45) is 17.8 Å². The van der Waals surface area contributed by atoms with Crippen LogP contribution in [0.3, 0.4) is 0 Å². The Labute approximate surface area is 361 Å². The first kappa shape index (κ1) is 43.6. The number of methoxy groups -OCH3 is 3. The van der Waals surface area contributed by atoms with Gasteiger partial charge in [0.15, 0.2) is 0 Å². The second kappa shape index (κ2) is 18.6. The Morgan fingerprint density at radius 3 is 2.37 bits per heavy atom. The number of carbonyl (C=O) groups excluding carboxylic acids is 4. The van der Waals surface area contributed by atoms with Crippen LogP contribution < -0.4 is 15.4 Å². The number of aromatic amines is 2. The molecule has 4 amide bonds. The predicted molar refractivity (Wildman–Crippen MR) is 230 cm³/mol. The third kappa shape index (κ3) is 9.07. The van der Waals surface area contributed by atoms with Crippen LogP contribution >= 0.6 is 0 Å². The van der Waals surface area contributed by atoms with Crippen molar-refractivity contribution in [3.05, 3.63) is 65.0 Å². The molecule has 0 saturated carbocycles. The van der Waals surface area contributed by atoms with Crippen molar-refractivity contribution in [1.82, 2.24) is 40.4 Å². The van der Waals surface area contributed by atoms with Crippen molar-refractivity contribution in [2.75, 3.05) is 34.4 Å². The summed E-state index contributed by atoms with van der Waals surface area (Å²) in [6, 6.07) is 8.86. The molecule has 4 atom stereocenters. The number of H-pyrrole nitrogens is 2. The Morgan fingerprint density at radius 1 is 0.919 bits per heavy atom. The van der Waals surface area contributed by atoms with Gasteiger partial charge in [-0.15, -0.1) is 0 Å². The van der Waals surface area contributed by atoms with E-state index in [0.717, 1.165) is 81.9 Å². The second-order valence-electron chi connectivity index (χ2n) is 16.8. The lowest BCUT2D eigenvalue weighted by Gasteiger charge is -2.30. The average molecular weight is 849 g/mol. The number of likely N-dealkylation sites (tertiary alicyclic amines) is 1. The Kier molecular flexibility index (Phi) is 13.1. The molecule has 1 aliphatic carbocycles. The molecule has 1 fully saturated rings. The molecule has 2 aromatic heterocycles. The van der Waals surface area contributed by atoms with Crippen LogP contribution in [0, 0.1) is 29.8 Å². The number of aryl methyl sites for hydroxylation is 2. The predicted octanol–water partition coefficient (Wildman–Crippen LogP) is 6.12. The third-order valence-corrected chi connectivity index (χ3v) is 11.8. The molecule has 0 spiro atoms. The van der Waals surface area contributed by atoms with Gasteiger partial charge >= 0.3 is 12.2 Å². The van der Waals surface area contributed by atoms with Gasteiger partial charge < -0.3 is 49.3 Å². The topological polar surface area (TPSA) is 193 Å². The molecule has 4 aromatic rings. The molecule has 4 N–H and O–H groups in total. The summed E-state index contributed by atoms with van der Waals surface area (Å²) in [5.41, 5.74) is 8.92. The molecular formula is C46H56N8O8. The molecular weight excluding hydrogens is 793 g/mol. The lowest BCUT2D eigenvalue weighted by Crippen LogP contribution is -2.51. The van der Waals surface area contributed by atoms with Crippen molar-refractivity contribution in [3.63, 3.8) is 0 Å². The zero-order chi connectivity index (χ0) is 44.2. The number of imidazole rings is 2. The molecule has 7 rings (SSSR count). The van der Waals surface area contributed by atoms with Crippen molar-refractivity contribution < 1.29 is 38.1 Å². The maximum atomic E-state index is 14.0. The Bertz CT molecular complexity index is 2390. The van der Waals surface area contributed by atoms with Crippen LogP contribution in [0.25, 0.3) is 33.6 Å². The number of alkyl carbamates (subject to hydrolysis) is 2. The van der Waals surface area contributed by atoms with Crippen molar-refractivity contribution >= 4 is 24.0 Å². The fourth-order valence-corrected chi connectivity index (χ4v) is 8.57. The molecule has 0 bridgehead atoms. The van der Waals surface area contributed by atoms with E-state index in [2.05, 4.69) is 63.0 Å². The minimum absolute atomic E-state index is 0.121. The number of carbonyl (C=O) groups is 4. The summed E-state index contributed by atoms with van der Waals surface area (Å²) in [7, 11) is 4.05. The van der Waals surface area contributed by atoms with Crippen LogP contribution in [0.5, 0.6) is 5.75 Å². The molecule has 1 unspecified atom stereocenters. The maximum absolute atomic E-state index is 14.0. The van der Waals surface area contributed by atoms with Gasteiger partial charge in [-0.2, -0.15) is 0 Å². The number of fused-ring (bicyclic) bond motifs is 6. The van der Waals surface area contributed by atoms with Gasteiger partial charge in [0.1, 0.15) is 42.2 Å². The van der Waals surface area contributed by atoms with E-state index in [1.165, 1.54) is 21.3 Å². The summed E-state index contributed by atoms with van der Waals surface area (Å²) in [6.45, 7) is 10.9. The molecule has 62 heavy (non-hydrogen) atoms. The fraction of sp³-hybridized carbons (Fsp3) is 0.478. The van der Waals surface area contributed by atoms with E-state index in [-0.39, 0.29) is 42.2 Å². The van der Waals surface area contributed by atoms with E-state index in [0.29, 0.717) is 31.3 Å². The molecule has 0 radical (unpaired) electrons. The van der Waals surface area contributed by atoms with E-state index in [9.17, 15) is 19.2 Å². The summed E-state index contributed by atoms with van der Waals surface area (Å²) in [5, 5.41) is 5.40. The lowest BCUT2D eigenvalue weighted by molar-refractivity contribution is -0.136. The molecule has 3 aliphatic rings.